The molecule has 5 nitrogen and oxygen atoms in total. The third kappa shape index (κ3) is 31.0. The van der Waals surface area contributed by atoms with Crippen LogP contribution in [-0.2, 0) is 19.1 Å². The number of nitrogens with two attached hydrogens (primary N) is 1. The highest BCUT2D eigenvalue weighted by Gasteiger charge is 2.25. The highest BCUT2D eigenvalue weighted by Crippen LogP contribution is 2.14. The van der Waals surface area contributed by atoms with Crippen LogP contribution in [0.2, 0.25) is 0 Å². The summed E-state index contributed by atoms with van der Waals surface area (Å²) >= 11 is 0. The molecular formula is C41H77NO4. The molecule has 270 valence electrons. The van der Waals surface area contributed by atoms with Crippen molar-refractivity contribution < 1.29 is 19.1 Å². The molecule has 0 rings (SSSR count). The van der Waals surface area contributed by atoms with Crippen LogP contribution < -0.4 is 5.73 Å². The molecule has 0 fully saturated rings. The van der Waals surface area contributed by atoms with Gasteiger partial charge in [-0.25, -0.2) is 0 Å². The molecule has 0 aliphatic heterocycles. The molecule has 2 unspecified atom stereocenters. The Morgan fingerprint density at radius 1 is 0.457 bits per heavy atom. The largest absolute Gasteiger partial charge is 0.461 e. The van der Waals surface area contributed by atoms with Gasteiger partial charge in [0.1, 0.15) is 12.2 Å². The van der Waals surface area contributed by atoms with Crippen molar-refractivity contribution in [3.63, 3.8) is 0 Å². The minimum Gasteiger partial charge on any atom is -0.461 e. The summed E-state index contributed by atoms with van der Waals surface area (Å²) in [5.74, 6) is -0.431. The van der Waals surface area contributed by atoms with Gasteiger partial charge in [0, 0.05) is 12.8 Å². The molecule has 5 heteroatoms. The molecular weight excluding hydrogens is 570 g/mol. The van der Waals surface area contributed by atoms with Crippen LogP contribution in [0.3, 0.4) is 0 Å². The number of ether oxygens (including phenoxy) is 2. The second-order valence-electron chi connectivity index (χ2n) is 13.6. The number of unbranched alkanes of at least 4 members (excludes halogenated alkanes) is 22. The van der Waals surface area contributed by atoms with Crippen molar-refractivity contribution >= 4 is 11.9 Å². The van der Waals surface area contributed by atoms with Crippen molar-refractivity contribution in [1.29, 1.82) is 0 Å². The Balaban J connectivity index is 3.70. The number of hydrogen-bond donors (Lipinski definition) is 1. The topological polar surface area (TPSA) is 78.6 Å². The number of rotatable bonds is 34. The van der Waals surface area contributed by atoms with Gasteiger partial charge < -0.3 is 15.2 Å². The van der Waals surface area contributed by atoms with Crippen molar-refractivity contribution in [3.8, 4) is 0 Å². The Hall–Kier alpha value is -1.62. The molecule has 0 aliphatic rings. The number of carbonyl (C=O) groups excluding carboxylic acids is 2. The summed E-state index contributed by atoms with van der Waals surface area (Å²) in [4.78, 5) is 24.6. The van der Waals surface area contributed by atoms with Gasteiger partial charge in [-0.2, -0.15) is 0 Å². The third-order valence-electron chi connectivity index (χ3n) is 9.00. The van der Waals surface area contributed by atoms with Crippen LogP contribution in [-0.4, -0.2) is 30.2 Å². The molecule has 0 aliphatic carbocycles. The predicted octanol–water partition coefficient (Wildman–Crippen LogP) is 12.3. The van der Waals surface area contributed by atoms with E-state index in [1.165, 1.54) is 116 Å². The summed E-state index contributed by atoms with van der Waals surface area (Å²) < 4.78 is 11.1. The van der Waals surface area contributed by atoms with E-state index in [-0.39, 0.29) is 11.9 Å². The third-order valence-corrected chi connectivity index (χ3v) is 9.00. The molecule has 0 radical (unpaired) electrons. The zero-order valence-corrected chi connectivity index (χ0v) is 31.1. The second kappa shape index (κ2) is 34.7. The Morgan fingerprint density at radius 3 is 1.02 bits per heavy atom. The van der Waals surface area contributed by atoms with Crippen molar-refractivity contribution in [2.75, 3.05) is 0 Å². The average Bonchev–Trinajstić information content (AvgIpc) is 3.04. The van der Waals surface area contributed by atoms with E-state index in [1.54, 1.807) is 13.8 Å². The van der Waals surface area contributed by atoms with Crippen LogP contribution in [0.4, 0.5) is 0 Å². The Labute approximate surface area is 286 Å². The maximum absolute atomic E-state index is 12.3. The van der Waals surface area contributed by atoms with Crippen molar-refractivity contribution in [2.24, 2.45) is 5.73 Å². The van der Waals surface area contributed by atoms with Gasteiger partial charge >= 0.3 is 11.9 Å². The van der Waals surface area contributed by atoms with Gasteiger partial charge in [0.25, 0.3) is 0 Å². The summed E-state index contributed by atoms with van der Waals surface area (Å²) in [6.45, 7) is 8.10. The summed E-state index contributed by atoms with van der Waals surface area (Å²) in [7, 11) is 0. The Morgan fingerprint density at radius 2 is 0.717 bits per heavy atom. The summed E-state index contributed by atoms with van der Waals surface area (Å²) in [6, 6.07) is -0.531. The highest BCUT2D eigenvalue weighted by atomic mass is 16.6. The van der Waals surface area contributed by atoms with Crippen molar-refractivity contribution in [3.05, 3.63) is 24.3 Å². The van der Waals surface area contributed by atoms with E-state index in [1.807, 2.05) is 0 Å². The fourth-order valence-electron chi connectivity index (χ4n) is 5.75. The first-order valence-electron chi connectivity index (χ1n) is 19.9. The fourth-order valence-corrected chi connectivity index (χ4v) is 5.75. The normalized spacial score (nSPS) is 13.8. The molecule has 0 aromatic heterocycles. The van der Waals surface area contributed by atoms with Crippen LogP contribution in [0, 0.1) is 0 Å². The molecule has 2 atom stereocenters. The summed E-state index contributed by atoms with van der Waals surface area (Å²) in [5, 5.41) is 0. The smallest absolute Gasteiger partial charge is 0.306 e. The minimum absolute atomic E-state index is 0.215. The van der Waals surface area contributed by atoms with Gasteiger partial charge in [-0.1, -0.05) is 141 Å². The number of allylic oxidation sites excluding steroid dienone is 4. The molecule has 0 aromatic carbocycles. The molecule has 0 heterocycles. The van der Waals surface area contributed by atoms with Gasteiger partial charge in [-0.05, 0) is 78.1 Å². The van der Waals surface area contributed by atoms with Crippen LogP contribution in [0.25, 0.3) is 0 Å². The lowest BCUT2D eigenvalue weighted by atomic mass is 10.1. The van der Waals surface area contributed by atoms with Gasteiger partial charge in [0.15, 0.2) is 0 Å². The maximum atomic E-state index is 12.3. The van der Waals surface area contributed by atoms with E-state index < -0.39 is 18.2 Å². The lowest BCUT2D eigenvalue weighted by molar-refractivity contribution is -0.155. The molecule has 0 amide bonds. The average molecular weight is 648 g/mol. The predicted molar refractivity (Wildman–Crippen MR) is 198 cm³/mol. The van der Waals surface area contributed by atoms with Crippen LogP contribution in [0.1, 0.15) is 207 Å². The Kier molecular flexibility index (Phi) is 33.5. The van der Waals surface area contributed by atoms with Crippen LogP contribution in [0.5, 0.6) is 0 Å². The highest BCUT2D eigenvalue weighted by molar-refractivity contribution is 5.70. The number of hydrogen-bond acceptors (Lipinski definition) is 5. The molecule has 0 spiro atoms. The quantitative estimate of drug-likeness (QED) is 0.0427. The summed E-state index contributed by atoms with van der Waals surface area (Å²) in [6.07, 6.45) is 41.2. The minimum atomic E-state index is -0.531. The first-order chi connectivity index (χ1) is 22.4. The SMILES string of the molecule is CCCCCCCCC=CCCCCCCCC(=O)OC(C)C(N)C(C)OC(=O)CCCCCCCC=CCCCCCCCC. The van der Waals surface area contributed by atoms with Gasteiger partial charge in [0.2, 0.25) is 0 Å². The molecule has 0 saturated carbocycles. The molecule has 0 bridgehead atoms. The standard InChI is InChI=1S/C41H77NO4/c1-5-7-9-11-13-15-17-19-21-23-25-27-29-31-33-35-39(43)45-37(3)41(42)38(4)46-40(44)36-34-32-30-28-26-24-22-20-18-16-14-12-10-8-6-2/h19-22,37-38,41H,5-18,23-36,42H2,1-4H3. The van der Waals surface area contributed by atoms with E-state index in [9.17, 15) is 9.59 Å². The molecule has 0 aromatic rings. The Bertz CT molecular complexity index is 674. The lowest BCUT2D eigenvalue weighted by Crippen LogP contribution is -2.46. The van der Waals surface area contributed by atoms with E-state index in [2.05, 4.69) is 38.2 Å². The number of esters is 2. The van der Waals surface area contributed by atoms with E-state index in [0.717, 1.165) is 51.4 Å². The molecule has 2 N–H and O–H groups in total. The fraction of sp³-hybridized carbons (Fsp3) is 0.854. The first-order valence-corrected chi connectivity index (χ1v) is 19.9. The second-order valence-corrected chi connectivity index (χ2v) is 13.6. The van der Waals surface area contributed by atoms with Gasteiger partial charge in [-0.15, -0.1) is 0 Å². The van der Waals surface area contributed by atoms with Crippen LogP contribution >= 0.6 is 0 Å². The van der Waals surface area contributed by atoms with Crippen molar-refractivity contribution in [1.82, 2.24) is 0 Å². The first kappa shape index (κ1) is 44.4. The van der Waals surface area contributed by atoms with Gasteiger partial charge in [-0.3, -0.25) is 9.59 Å². The van der Waals surface area contributed by atoms with Crippen LogP contribution in [0.15, 0.2) is 24.3 Å². The van der Waals surface area contributed by atoms with Crippen molar-refractivity contribution in [2.45, 2.75) is 226 Å². The molecule has 0 saturated heterocycles. The maximum Gasteiger partial charge on any atom is 0.306 e. The lowest BCUT2D eigenvalue weighted by Gasteiger charge is -2.25. The number of carbonyl (C=O) groups is 2. The summed E-state index contributed by atoms with van der Waals surface area (Å²) in [5.41, 5.74) is 6.26. The van der Waals surface area contributed by atoms with E-state index in [4.69, 9.17) is 15.2 Å². The van der Waals surface area contributed by atoms with Gasteiger partial charge in [0.05, 0.1) is 6.04 Å². The molecule has 46 heavy (non-hydrogen) atoms. The van der Waals surface area contributed by atoms with E-state index in [0.29, 0.717) is 12.8 Å². The zero-order chi connectivity index (χ0) is 33.9. The van der Waals surface area contributed by atoms with E-state index >= 15 is 0 Å². The zero-order valence-electron chi connectivity index (χ0n) is 31.1. The monoisotopic (exact) mass is 648 g/mol.